The third-order valence-electron chi connectivity index (χ3n) is 4.12. The van der Waals surface area contributed by atoms with Gasteiger partial charge >= 0.3 is 5.63 Å². The highest BCUT2D eigenvalue weighted by Crippen LogP contribution is 2.38. The van der Waals surface area contributed by atoms with Gasteiger partial charge in [-0.1, -0.05) is 18.2 Å². The van der Waals surface area contributed by atoms with Crippen molar-refractivity contribution in [2.45, 2.75) is 19.3 Å². The van der Waals surface area contributed by atoms with E-state index < -0.39 is 0 Å². The van der Waals surface area contributed by atoms with Crippen molar-refractivity contribution < 1.29 is 9.52 Å². The van der Waals surface area contributed by atoms with Gasteiger partial charge in [-0.3, -0.25) is 0 Å². The number of fused-ring (bicyclic) bond motifs is 3. The van der Waals surface area contributed by atoms with Gasteiger partial charge in [0, 0.05) is 10.9 Å². The van der Waals surface area contributed by atoms with Crippen molar-refractivity contribution in [2.75, 3.05) is 0 Å². The molecule has 1 aliphatic rings. The highest BCUT2D eigenvalue weighted by molar-refractivity contribution is 5.93. The van der Waals surface area contributed by atoms with Crippen LogP contribution in [0, 0.1) is 0 Å². The van der Waals surface area contributed by atoms with Crippen LogP contribution in [0.3, 0.4) is 0 Å². The van der Waals surface area contributed by atoms with Crippen LogP contribution < -0.4 is 5.63 Å². The molecule has 0 unspecified atom stereocenters. The Morgan fingerprint density at radius 1 is 0.957 bits per heavy atom. The summed E-state index contributed by atoms with van der Waals surface area (Å²) in [6, 6.07) is 12.5. The van der Waals surface area contributed by atoms with E-state index in [0.29, 0.717) is 11.3 Å². The van der Waals surface area contributed by atoms with Crippen molar-refractivity contribution in [1.82, 2.24) is 0 Å². The van der Waals surface area contributed by atoms with E-state index >= 15 is 0 Å². The lowest BCUT2D eigenvalue weighted by Crippen LogP contribution is -2.06. The van der Waals surface area contributed by atoms with Crippen LogP contribution in [0.5, 0.6) is 5.75 Å². The number of phenolic OH excluding ortho intramolecular Hbond substituents is 1. The van der Waals surface area contributed by atoms with E-state index in [1.165, 1.54) is 0 Å². The third-order valence-corrected chi connectivity index (χ3v) is 4.12. The summed E-state index contributed by atoms with van der Waals surface area (Å²) in [6.45, 7) is 0. The van der Waals surface area contributed by atoms with E-state index in [9.17, 15) is 9.90 Å². The molecule has 0 saturated carbocycles. The summed E-state index contributed by atoms with van der Waals surface area (Å²) in [6.07, 6.45) is 2.54. The summed E-state index contributed by atoms with van der Waals surface area (Å²) < 4.78 is 5.44. The highest BCUT2D eigenvalue weighted by Gasteiger charge is 2.22. The number of aromatic hydroxyl groups is 1. The average molecular weight is 306 g/mol. The summed E-state index contributed by atoms with van der Waals surface area (Å²) in [5.41, 5.74) is 2.56. The number of phenols is 1. The second-order valence-corrected chi connectivity index (χ2v) is 5.55. The lowest BCUT2D eigenvalue weighted by Gasteiger charge is -2.06. The smallest absolute Gasteiger partial charge is 0.339 e. The number of benzene rings is 2. The van der Waals surface area contributed by atoms with Gasteiger partial charge in [-0.2, -0.15) is 5.11 Å². The van der Waals surface area contributed by atoms with Crippen molar-refractivity contribution in [3.8, 4) is 5.75 Å². The standard InChI is InChI=1S/C18H14N2O3/c21-15-10-9-13-12-7-4-8-14(12)18(22)23-17(13)16(15)20-19-11-5-2-1-3-6-11/h1-3,5-6,9-10,21H,4,7-8H2. The molecule has 114 valence electrons. The number of hydrogen-bond donors (Lipinski definition) is 1. The van der Waals surface area contributed by atoms with Gasteiger partial charge in [0.25, 0.3) is 0 Å². The molecule has 0 radical (unpaired) electrons. The van der Waals surface area contributed by atoms with Crippen molar-refractivity contribution in [1.29, 1.82) is 0 Å². The van der Waals surface area contributed by atoms with E-state index in [1.54, 1.807) is 24.3 Å². The Hall–Kier alpha value is -2.95. The molecule has 0 fully saturated rings. The average Bonchev–Trinajstić information content (AvgIpc) is 3.05. The van der Waals surface area contributed by atoms with Crippen LogP contribution in [-0.2, 0) is 12.8 Å². The molecule has 0 amide bonds. The maximum atomic E-state index is 12.1. The summed E-state index contributed by atoms with van der Waals surface area (Å²) in [7, 11) is 0. The van der Waals surface area contributed by atoms with Crippen molar-refractivity contribution in [3.63, 3.8) is 0 Å². The van der Waals surface area contributed by atoms with E-state index in [4.69, 9.17) is 4.42 Å². The zero-order valence-electron chi connectivity index (χ0n) is 12.3. The molecule has 1 N–H and O–H groups in total. The molecule has 2 aromatic carbocycles. The maximum Gasteiger partial charge on any atom is 0.339 e. The van der Waals surface area contributed by atoms with Crippen LogP contribution >= 0.6 is 0 Å². The summed E-state index contributed by atoms with van der Waals surface area (Å²) in [5.74, 6) is -0.0571. The Balaban J connectivity index is 1.93. The molecule has 1 aromatic heterocycles. The summed E-state index contributed by atoms with van der Waals surface area (Å²) in [5, 5.41) is 19.2. The molecule has 5 heteroatoms. The second-order valence-electron chi connectivity index (χ2n) is 5.55. The minimum absolute atomic E-state index is 0.0571. The first-order valence-electron chi connectivity index (χ1n) is 7.51. The third kappa shape index (κ3) is 2.30. The van der Waals surface area contributed by atoms with Gasteiger partial charge in [-0.05, 0) is 49.1 Å². The Morgan fingerprint density at radius 3 is 2.57 bits per heavy atom. The largest absolute Gasteiger partial charge is 0.505 e. The molecule has 3 aromatic rings. The monoisotopic (exact) mass is 306 g/mol. The van der Waals surface area contributed by atoms with Crippen molar-refractivity contribution in [2.24, 2.45) is 10.2 Å². The van der Waals surface area contributed by atoms with Gasteiger partial charge in [0.05, 0.1) is 5.69 Å². The van der Waals surface area contributed by atoms with Crippen LogP contribution in [0.1, 0.15) is 17.5 Å². The zero-order chi connectivity index (χ0) is 15.8. The predicted molar refractivity (Wildman–Crippen MR) is 86.8 cm³/mol. The Labute approximate surface area is 131 Å². The van der Waals surface area contributed by atoms with Gasteiger partial charge in [0.1, 0.15) is 5.75 Å². The first-order valence-corrected chi connectivity index (χ1v) is 7.51. The van der Waals surface area contributed by atoms with E-state index in [2.05, 4.69) is 10.2 Å². The first kappa shape index (κ1) is 13.7. The molecule has 0 bridgehead atoms. The van der Waals surface area contributed by atoms with Crippen LogP contribution in [-0.4, -0.2) is 5.11 Å². The Kier molecular flexibility index (Phi) is 3.19. The van der Waals surface area contributed by atoms with Gasteiger partial charge < -0.3 is 9.52 Å². The molecular formula is C18H14N2O3. The minimum atomic E-state index is -0.341. The lowest BCUT2D eigenvalue weighted by molar-refractivity contribution is 0.474. The second kappa shape index (κ2) is 5.35. The number of nitrogens with zero attached hydrogens (tertiary/aromatic N) is 2. The fourth-order valence-electron chi connectivity index (χ4n) is 3.02. The van der Waals surface area contributed by atoms with Gasteiger partial charge in [0.15, 0.2) is 11.3 Å². The lowest BCUT2D eigenvalue weighted by atomic mass is 10.1. The molecule has 23 heavy (non-hydrogen) atoms. The Bertz CT molecular complexity index is 975. The number of rotatable bonds is 2. The zero-order valence-corrected chi connectivity index (χ0v) is 12.3. The molecular weight excluding hydrogens is 292 g/mol. The number of hydrogen-bond acceptors (Lipinski definition) is 5. The molecule has 4 rings (SSSR count). The van der Waals surface area contributed by atoms with E-state index in [1.807, 2.05) is 18.2 Å². The molecule has 0 atom stereocenters. The molecule has 0 spiro atoms. The SMILES string of the molecule is O=c1oc2c(N=Nc3ccccc3)c(O)ccc2c2c1CCC2. The first-order chi connectivity index (χ1) is 11.2. The van der Waals surface area contributed by atoms with Gasteiger partial charge in [0.2, 0.25) is 0 Å². The summed E-state index contributed by atoms with van der Waals surface area (Å²) in [4.78, 5) is 12.1. The van der Waals surface area contributed by atoms with Crippen LogP contribution in [0.4, 0.5) is 11.4 Å². The van der Waals surface area contributed by atoms with Gasteiger partial charge in [-0.25, -0.2) is 4.79 Å². The topological polar surface area (TPSA) is 75.2 Å². The van der Waals surface area contributed by atoms with Crippen LogP contribution in [0.2, 0.25) is 0 Å². The van der Waals surface area contributed by atoms with Crippen LogP contribution in [0.25, 0.3) is 11.0 Å². The molecule has 1 aliphatic carbocycles. The van der Waals surface area contributed by atoms with Crippen molar-refractivity contribution in [3.05, 3.63) is 64.0 Å². The fraction of sp³-hybridized carbons (Fsp3) is 0.167. The molecule has 0 saturated heterocycles. The predicted octanol–water partition coefficient (Wildman–Crippen LogP) is 4.40. The number of azo groups is 1. The molecule has 0 aliphatic heterocycles. The fourth-order valence-corrected chi connectivity index (χ4v) is 3.02. The van der Waals surface area contributed by atoms with Crippen molar-refractivity contribution >= 4 is 22.3 Å². The molecule has 1 heterocycles. The van der Waals surface area contributed by atoms with Gasteiger partial charge in [-0.15, -0.1) is 5.11 Å². The quantitative estimate of drug-likeness (QED) is 0.563. The van der Waals surface area contributed by atoms with Crippen LogP contribution in [0.15, 0.2) is 61.9 Å². The maximum absolute atomic E-state index is 12.1. The summed E-state index contributed by atoms with van der Waals surface area (Å²) >= 11 is 0. The normalized spacial score (nSPS) is 13.7. The molecule has 5 nitrogen and oxygen atoms in total. The number of aryl methyl sites for hydroxylation is 1. The van der Waals surface area contributed by atoms with E-state index in [0.717, 1.165) is 35.8 Å². The minimum Gasteiger partial charge on any atom is -0.505 e. The van der Waals surface area contributed by atoms with E-state index in [-0.39, 0.29) is 17.1 Å². The Morgan fingerprint density at radius 2 is 1.74 bits per heavy atom. The highest BCUT2D eigenvalue weighted by atomic mass is 16.4.